The maximum Gasteiger partial charge on any atom is 0.407 e. The number of likely N-dealkylation sites (tertiary alicyclic amines) is 2. The van der Waals surface area contributed by atoms with Gasteiger partial charge in [-0.15, -0.1) is 0 Å². The summed E-state index contributed by atoms with van der Waals surface area (Å²) in [6.07, 6.45) is 21.6. The molecule has 0 bridgehead atoms. The molecule has 1 aromatic heterocycles. The second kappa shape index (κ2) is 44.7. The number of thiol groups is 2. The first-order chi connectivity index (χ1) is 62.1. The number of aliphatic hydroxyl groups is 1. The van der Waals surface area contributed by atoms with E-state index >= 15 is 24.0 Å². The van der Waals surface area contributed by atoms with Crippen molar-refractivity contribution in [3.63, 3.8) is 0 Å². The van der Waals surface area contributed by atoms with Gasteiger partial charge in [-0.1, -0.05) is 158 Å². The second-order valence-electron chi connectivity index (χ2n) is 38.6. The number of nitrogens with two attached hydrogens (primary N) is 1. The number of alkyl carbamates (subject to hydrolysis) is 1. The first-order valence-electron chi connectivity index (χ1n) is 46.9. The average molecular weight is 1830 g/mol. The highest BCUT2D eigenvalue weighted by Gasteiger charge is 2.60. The lowest BCUT2D eigenvalue weighted by molar-refractivity contribution is -0.146. The fourth-order valence-corrected chi connectivity index (χ4v) is 22.3. The number of aromatic amines is 1. The molecule has 0 radical (unpaired) electrons. The predicted octanol–water partition coefficient (Wildman–Crippen LogP) is 9.34. The van der Waals surface area contributed by atoms with Crippen molar-refractivity contribution in [1.29, 1.82) is 0 Å². The van der Waals surface area contributed by atoms with E-state index in [2.05, 4.69) is 119 Å². The largest absolute Gasteiger partial charge is 0.508 e. The van der Waals surface area contributed by atoms with Crippen molar-refractivity contribution in [3.05, 3.63) is 150 Å². The van der Waals surface area contributed by atoms with Gasteiger partial charge in [-0.3, -0.25) is 52.7 Å². The molecule has 5 fully saturated rings. The van der Waals surface area contributed by atoms with E-state index < -0.39 is 132 Å². The number of benzene rings is 4. The van der Waals surface area contributed by atoms with Crippen LogP contribution in [0.5, 0.6) is 5.75 Å². The summed E-state index contributed by atoms with van der Waals surface area (Å²) in [4.78, 5) is 183. The number of phenolic OH excluding ortho intramolecular Hbond substituents is 1. The number of nitrogens with zero attached hydrogens (tertiary/aromatic N) is 3. The van der Waals surface area contributed by atoms with Crippen LogP contribution in [0.25, 0.3) is 21.7 Å². The molecule has 31 heteroatoms. The van der Waals surface area contributed by atoms with Gasteiger partial charge >= 0.3 is 6.09 Å². The Morgan fingerprint density at radius 3 is 1.89 bits per heavy atom. The van der Waals surface area contributed by atoms with Crippen LogP contribution in [0.1, 0.15) is 194 Å². The summed E-state index contributed by atoms with van der Waals surface area (Å²) in [6, 6.07) is 12.8. The molecule has 7 aliphatic rings. The van der Waals surface area contributed by atoms with Crippen molar-refractivity contribution in [2.45, 2.75) is 269 Å². The first kappa shape index (κ1) is 98.6. The second-order valence-corrected chi connectivity index (χ2v) is 39.4. The number of fused-ring (bicyclic) bond motifs is 7. The lowest BCUT2D eigenvalue weighted by Crippen LogP contribution is -2.62. The van der Waals surface area contributed by atoms with Crippen LogP contribution in [0.15, 0.2) is 133 Å². The summed E-state index contributed by atoms with van der Waals surface area (Å²) in [5, 5.41) is 48.2. The normalized spacial score (nSPS) is 24.0. The minimum absolute atomic E-state index is 0.0352. The Kier molecular flexibility index (Phi) is 33.9. The van der Waals surface area contributed by atoms with Crippen molar-refractivity contribution in [2.24, 2.45) is 58.0 Å². The number of amides is 12. The summed E-state index contributed by atoms with van der Waals surface area (Å²) in [5.74, 6) is -5.64. The van der Waals surface area contributed by atoms with E-state index in [1.54, 1.807) is 42.1 Å². The van der Waals surface area contributed by atoms with Crippen molar-refractivity contribution in [3.8, 4) is 5.75 Å². The molecular weight excluding hydrogens is 1690 g/mol. The maximum absolute atomic E-state index is 15.7. The molecule has 0 spiro atoms. The molecule has 3 saturated carbocycles. The van der Waals surface area contributed by atoms with E-state index in [9.17, 15) is 43.8 Å². The van der Waals surface area contributed by atoms with Crippen LogP contribution < -0.4 is 53.6 Å². The van der Waals surface area contributed by atoms with Gasteiger partial charge in [-0.05, 0) is 207 Å². The number of unbranched alkanes of at least 4 members (excludes halogenated alkanes) is 1. The fraction of sp³-hybridized carbons (Fsp3) is 0.576. The monoisotopic (exact) mass is 1820 g/mol. The number of aromatic hydroxyl groups is 1. The Morgan fingerprint density at radius 1 is 0.600 bits per heavy atom. The summed E-state index contributed by atoms with van der Waals surface area (Å²) >= 11 is 8.87. The third-order valence-electron chi connectivity index (χ3n) is 28.9. The topological polar surface area (TPSA) is 414 Å². The summed E-state index contributed by atoms with van der Waals surface area (Å²) in [7, 11) is 1.82. The zero-order valence-corrected chi connectivity index (χ0v) is 78.4. The number of nitrogens with one attached hydrogen (secondary N) is 10. The Labute approximate surface area is 774 Å². The Hall–Kier alpha value is -10.4. The van der Waals surface area contributed by atoms with Crippen LogP contribution in [-0.2, 0) is 76.7 Å². The number of H-pyrrole nitrogens is 1. The van der Waals surface area contributed by atoms with Crippen LogP contribution in [0.2, 0.25) is 0 Å². The molecule has 12 amide bonds. The molecule has 4 aromatic carbocycles. The third kappa shape index (κ3) is 24.1. The predicted molar refractivity (Wildman–Crippen MR) is 505 cm³/mol. The highest BCUT2D eigenvalue weighted by atomic mass is 32.1. The van der Waals surface area contributed by atoms with E-state index in [0.29, 0.717) is 95.0 Å². The van der Waals surface area contributed by atoms with E-state index in [0.717, 1.165) is 47.8 Å². The quantitative estimate of drug-likeness (QED) is 0.00986. The number of aliphatic hydroxyl groups excluding tert-OH is 1. The van der Waals surface area contributed by atoms with Gasteiger partial charge in [-0.25, -0.2) is 4.79 Å². The fourth-order valence-electron chi connectivity index (χ4n) is 21.8. The van der Waals surface area contributed by atoms with Crippen LogP contribution >= 0.6 is 25.3 Å². The molecule has 130 heavy (non-hydrogen) atoms. The Balaban J connectivity index is 0.757. The summed E-state index contributed by atoms with van der Waals surface area (Å²) in [5.41, 5.74) is 10.1. The third-order valence-corrected chi connectivity index (χ3v) is 29.6. The van der Waals surface area contributed by atoms with Gasteiger partial charge in [0.25, 0.3) is 5.91 Å². The number of hydrogen-bond acceptors (Lipinski definition) is 18. The van der Waals surface area contributed by atoms with Gasteiger partial charge in [-0.2, -0.15) is 25.3 Å². The number of para-hydroxylation sites is 1. The number of ether oxygens (including phenoxy) is 1. The van der Waals surface area contributed by atoms with E-state index in [1.807, 2.05) is 80.0 Å². The van der Waals surface area contributed by atoms with Gasteiger partial charge in [0.2, 0.25) is 59.1 Å². The molecule has 4 aliphatic carbocycles. The Morgan fingerprint density at radius 2 is 1.21 bits per heavy atom. The first-order valence-corrected chi connectivity index (χ1v) is 48.2. The number of carbonyl (C=O) groups is 12. The molecule has 7 unspecified atom stereocenters. The minimum atomic E-state index is -1.56. The highest BCUT2D eigenvalue weighted by molar-refractivity contribution is 7.80. The minimum Gasteiger partial charge on any atom is -0.508 e. The molecule has 12 rings (SSSR count). The van der Waals surface area contributed by atoms with Crippen LogP contribution in [0.4, 0.5) is 4.79 Å². The summed E-state index contributed by atoms with van der Waals surface area (Å²) < 4.78 is 6.20. The number of rotatable bonds is 40. The van der Waals surface area contributed by atoms with E-state index in [4.69, 9.17) is 10.5 Å². The Bertz CT molecular complexity index is 5000. The van der Waals surface area contributed by atoms with E-state index in [-0.39, 0.29) is 98.6 Å². The molecule has 5 aromatic rings. The van der Waals surface area contributed by atoms with E-state index in [1.165, 1.54) is 86.6 Å². The van der Waals surface area contributed by atoms with Crippen molar-refractivity contribution in [2.75, 3.05) is 38.2 Å². The maximum atomic E-state index is 15.7. The number of hydrogen-bond donors (Lipinski definition) is 15. The van der Waals surface area contributed by atoms with Crippen molar-refractivity contribution >= 4 is 118 Å². The van der Waals surface area contributed by atoms with Crippen LogP contribution in [0.3, 0.4) is 0 Å². The van der Waals surface area contributed by atoms with Crippen LogP contribution in [0, 0.1) is 52.3 Å². The molecule has 19 atom stereocenters. The van der Waals surface area contributed by atoms with Crippen LogP contribution in [-0.4, -0.2) is 212 Å². The number of aromatic nitrogens is 1. The molecule has 29 nitrogen and oxygen atoms in total. The standard InChI is InChI=1S/C99H136N14O15S2/c1-57(2)20-16-21-59(5)72-38-39-73-71-37-34-67-52-69(40-42-98(67,7)74(71)41-43-99(72,73)8)128-97(127)101-44-15-14-27-76(87(117)109-84(58(3)4)94(124)108-81(56-130)92(122)110-85(60(6)114)86(100)116)103-90(120)79(51-66-53-102-75-26-13-12-25-70(66)75)105-88(118)77(49-61-31-35-68(115)36-32-61)104-91(121)80(55-129)107-89(119)78(50-62-30-33-63-22-10-11-23-64(63)48-62)106-93(123)82-28-18-46-112(82)96(126)83-29-19-47-113(83)95(125)65-24-17-45-111(9)54-65/h10-13,17,22-23,25-26,30-36,45,48,53-54,57-60,69,71-74,76-85,102,114-115,129-130H,14-16,18-21,24,27-29,37-44,46-47,49-52,55-56H2,1-9H3,(H2,100,116)(H,101,127)(H,103,120)(H,104,121)(H,105,118)(H,106,123)(H,107,119)(H,108,124)(H,109,117)(H,110,122)/t59?,60-,69+,71?,72?,73?,74?,76+,77+,78-,79-,80+,81+,82+,83+,84+,85+,98?,99?/m1/s1. The molecule has 3 aliphatic heterocycles. The van der Waals surface area contributed by atoms with Gasteiger partial charge < -0.3 is 88.2 Å². The number of phenols is 1. The zero-order chi connectivity index (χ0) is 93.4. The summed E-state index contributed by atoms with van der Waals surface area (Å²) in [6.45, 7) is 17.5. The van der Waals surface area contributed by atoms with Gasteiger partial charge in [0.15, 0.2) is 0 Å². The highest BCUT2D eigenvalue weighted by Crippen LogP contribution is 2.67. The molecule has 14 N–H and O–H groups in total. The van der Waals surface area contributed by atoms with Gasteiger partial charge in [0.1, 0.15) is 72.3 Å². The van der Waals surface area contributed by atoms with Gasteiger partial charge in [0.05, 0.1) is 6.10 Å². The smallest absolute Gasteiger partial charge is 0.407 e. The molecule has 4 heterocycles. The molecule has 2 saturated heterocycles. The van der Waals surface area contributed by atoms with Crippen molar-refractivity contribution in [1.82, 2.24) is 67.5 Å². The molecular formula is C99H136N14O15S2. The number of primary amides is 1. The zero-order valence-electron chi connectivity index (χ0n) is 76.6. The van der Waals surface area contributed by atoms with Gasteiger partial charge in [0, 0.05) is 92.7 Å². The molecule has 704 valence electrons. The SMILES string of the molecule is CC(C)CCCC(C)C1CCC2C3CC=C4C[C@@H](OC(=O)NCCCC[C@H](NC(=O)[C@@H](Cc5c[nH]c6ccccc56)NC(=O)[C@H](Cc5ccc(O)cc5)NC(=O)[C@H](CS)NC(=O)[C@@H](Cc5ccc6ccccc6c5)NC(=O)[C@@H]5CCCN5C(=O)[C@@H]5CCCN5C(=O)C5=CN(C)C=CC5)C(=O)N[C@H](C(=O)N[C@@H](CS)C(=O)N[C@H](C(N)=O)[C@@H](C)O)C(C)C)CCC4(C)C3CCC12C. The number of carbonyl (C=O) groups excluding carboxylic acids is 12. The lowest BCUT2D eigenvalue weighted by atomic mass is 9.47. The van der Waals surface area contributed by atoms with Crippen molar-refractivity contribution < 1.29 is 72.5 Å². The lowest BCUT2D eigenvalue weighted by Gasteiger charge is -2.58. The number of allylic oxidation sites excluding steroid dienone is 2. The average Bonchev–Trinajstić information content (AvgIpc) is 1.39.